The quantitative estimate of drug-likeness (QED) is 0.933. The maximum absolute atomic E-state index is 12.7. The lowest BCUT2D eigenvalue weighted by Gasteiger charge is -2.29. The normalized spacial score (nSPS) is 14.4. The van der Waals surface area contributed by atoms with Gasteiger partial charge >= 0.3 is 5.97 Å². The van der Waals surface area contributed by atoms with E-state index in [1.54, 1.807) is 24.3 Å². The molecule has 3 rings (SSSR count). The van der Waals surface area contributed by atoms with Crippen LogP contribution >= 0.6 is 11.3 Å². The third kappa shape index (κ3) is 2.36. The average molecular weight is 325 g/mol. The fourth-order valence-corrected chi connectivity index (χ4v) is 4.65. The topological polar surface area (TPSA) is 83.9 Å². The van der Waals surface area contributed by atoms with Gasteiger partial charge in [0, 0.05) is 5.38 Å². The standard InChI is InChI=1S/C13H11NO5S2/c15-13(16)12-7-9(8-20-12)21(17,18)14-5-6-19-11-4-2-1-3-10(11)14/h1-4,7-8H,5-6H2,(H,15,16). The Kier molecular flexibility index (Phi) is 3.34. The Morgan fingerprint density at radius 3 is 2.81 bits per heavy atom. The molecule has 0 atom stereocenters. The van der Waals surface area contributed by atoms with Gasteiger partial charge in [-0.25, -0.2) is 13.2 Å². The molecule has 0 aliphatic carbocycles. The first-order valence-corrected chi connectivity index (χ1v) is 8.38. The van der Waals surface area contributed by atoms with Crippen LogP contribution in [0.1, 0.15) is 9.67 Å². The van der Waals surface area contributed by atoms with Gasteiger partial charge in [0.25, 0.3) is 10.0 Å². The van der Waals surface area contributed by atoms with Crippen molar-refractivity contribution < 1.29 is 23.1 Å². The van der Waals surface area contributed by atoms with Crippen LogP contribution in [-0.2, 0) is 10.0 Å². The first-order chi connectivity index (χ1) is 10.00. The van der Waals surface area contributed by atoms with E-state index in [2.05, 4.69) is 0 Å². The van der Waals surface area contributed by atoms with E-state index >= 15 is 0 Å². The van der Waals surface area contributed by atoms with Crippen LogP contribution in [0.3, 0.4) is 0 Å². The van der Waals surface area contributed by atoms with Gasteiger partial charge in [-0.1, -0.05) is 12.1 Å². The van der Waals surface area contributed by atoms with Crippen LogP contribution in [0, 0.1) is 0 Å². The Hall–Kier alpha value is -2.06. The molecule has 0 amide bonds. The van der Waals surface area contributed by atoms with Crippen LogP contribution in [0.5, 0.6) is 5.75 Å². The smallest absolute Gasteiger partial charge is 0.345 e. The number of nitrogens with zero attached hydrogens (tertiary/aromatic N) is 1. The summed E-state index contributed by atoms with van der Waals surface area (Å²) in [6.45, 7) is 0.448. The van der Waals surface area contributed by atoms with E-state index in [0.717, 1.165) is 11.3 Å². The van der Waals surface area contributed by atoms with E-state index in [4.69, 9.17) is 9.84 Å². The molecule has 6 nitrogen and oxygen atoms in total. The van der Waals surface area contributed by atoms with Crippen molar-refractivity contribution in [3.8, 4) is 5.75 Å². The molecule has 0 saturated heterocycles. The van der Waals surface area contributed by atoms with E-state index in [-0.39, 0.29) is 22.9 Å². The second-order valence-corrected chi connectivity index (χ2v) is 7.12. The van der Waals surface area contributed by atoms with Gasteiger partial charge in [-0.2, -0.15) is 0 Å². The van der Waals surface area contributed by atoms with Gasteiger partial charge in [-0.05, 0) is 18.2 Å². The summed E-state index contributed by atoms with van der Waals surface area (Å²) in [6, 6.07) is 8.04. The van der Waals surface area contributed by atoms with Gasteiger partial charge in [-0.15, -0.1) is 11.3 Å². The Morgan fingerprint density at radius 1 is 1.33 bits per heavy atom. The highest BCUT2D eigenvalue weighted by molar-refractivity contribution is 7.93. The molecule has 2 aromatic rings. The van der Waals surface area contributed by atoms with Gasteiger partial charge in [-0.3, -0.25) is 4.31 Å². The zero-order valence-electron chi connectivity index (χ0n) is 10.7. The van der Waals surface area contributed by atoms with Gasteiger partial charge in [0.2, 0.25) is 0 Å². The lowest BCUT2D eigenvalue weighted by Crippen LogP contribution is -2.37. The van der Waals surface area contributed by atoms with Crippen molar-refractivity contribution in [1.82, 2.24) is 0 Å². The molecule has 1 aliphatic heterocycles. The third-order valence-corrected chi connectivity index (χ3v) is 5.92. The number of thiophene rings is 1. The number of rotatable bonds is 3. The monoisotopic (exact) mass is 325 g/mol. The van der Waals surface area contributed by atoms with Gasteiger partial charge in [0.05, 0.1) is 17.1 Å². The number of ether oxygens (including phenoxy) is 1. The molecule has 1 N–H and O–H groups in total. The molecule has 1 aromatic carbocycles. The number of carbonyl (C=O) groups is 1. The van der Waals surface area contributed by atoms with E-state index in [1.165, 1.54) is 15.8 Å². The molecule has 0 saturated carbocycles. The highest BCUT2D eigenvalue weighted by atomic mass is 32.2. The maximum atomic E-state index is 12.7. The summed E-state index contributed by atoms with van der Waals surface area (Å²) in [6.07, 6.45) is 0. The van der Waals surface area contributed by atoms with Gasteiger partial charge < -0.3 is 9.84 Å². The minimum atomic E-state index is -3.79. The summed E-state index contributed by atoms with van der Waals surface area (Å²) in [5.74, 6) is -0.634. The van der Waals surface area contributed by atoms with Crippen LogP contribution in [0.4, 0.5) is 5.69 Å². The molecule has 1 aromatic heterocycles. The average Bonchev–Trinajstić information content (AvgIpc) is 2.97. The SMILES string of the molecule is O=C(O)c1cc(S(=O)(=O)N2CCOc3ccccc32)cs1. The predicted molar refractivity (Wildman–Crippen MR) is 77.7 cm³/mol. The summed E-state index contributed by atoms with van der Waals surface area (Å²) >= 11 is 0.893. The number of anilines is 1. The highest BCUT2D eigenvalue weighted by Crippen LogP contribution is 2.35. The predicted octanol–water partition coefficient (Wildman–Crippen LogP) is 2.03. The molecule has 110 valence electrons. The largest absolute Gasteiger partial charge is 0.489 e. The van der Waals surface area contributed by atoms with E-state index < -0.39 is 16.0 Å². The van der Waals surface area contributed by atoms with Crippen molar-refractivity contribution in [2.45, 2.75) is 4.90 Å². The fraction of sp³-hybridized carbons (Fsp3) is 0.154. The van der Waals surface area contributed by atoms with E-state index in [1.807, 2.05) is 0 Å². The number of carboxylic acid groups (broad SMARTS) is 1. The Balaban J connectivity index is 2.05. The molecular weight excluding hydrogens is 314 g/mol. The number of fused-ring (bicyclic) bond motifs is 1. The number of para-hydroxylation sites is 2. The fourth-order valence-electron chi connectivity index (χ4n) is 2.09. The van der Waals surface area contributed by atoms with E-state index in [9.17, 15) is 13.2 Å². The summed E-state index contributed by atoms with van der Waals surface area (Å²) in [7, 11) is -3.79. The number of aromatic carboxylic acids is 1. The molecule has 0 radical (unpaired) electrons. The van der Waals surface area contributed by atoms with Crippen LogP contribution in [0.25, 0.3) is 0 Å². The van der Waals surface area contributed by atoms with Gasteiger partial charge in [0.15, 0.2) is 0 Å². The summed E-state index contributed by atoms with van der Waals surface area (Å²) in [5.41, 5.74) is 0.465. The zero-order chi connectivity index (χ0) is 15.0. The molecular formula is C13H11NO5S2. The Labute approximate surface area is 125 Å². The number of hydrogen-bond acceptors (Lipinski definition) is 5. The van der Waals surface area contributed by atoms with Crippen molar-refractivity contribution in [3.05, 3.63) is 40.6 Å². The second-order valence-electron chi connectivity index (χ2n) is 4.35. The Morgan fingerprint density at radius 2 is 2.10 bits per heavy atom. The lowest BCUT2D eigenvalue weighted by atomic mass is 10.2. The van der Waals surface area contributed by atoms with Crippen LogP contribution < -0.4 is 9.04 Å². The molecule has 0 spiro atoms. The first kappa shape index (κ1) is 13.9. The number of carboxylic acids is 1. The van der Waals surface area contributed by atoms with Crippen molar-refractivity contribution in [1.29, 1.82) is 0 Å². The minimum Gasteiger partial charge on any atom is -0.489 e. The zero-order valence-corrected chi connectivity index (χ0v) is 12.4. The third-order valence-electron chi connectivity index (χ3n) is 3.06. The number of benzene rings is 1. The van der Waals surface area contributed by atoms with Crippen LogP contribution in [0.15, 0.2) is 40.6 Å². The molecule has 1 aliphatic rings. The first-order valence-electron chi connectivity index (χ1n) is 6.06. The summed E-state index contributed by atoms with van der Waals surface area (Å²) in [4.78, 5) is 10.9. The van der Waals surface area contributed by atoms with Gasteiger partial charge in [0.1, 0.15) is 17.2 Å². The van der Waals surface area contributed by atoms with E-state index in [0.29, 0.717) is 11.4 Å². The molecule has 8 heteroatoms. The minimum absolute atomic E-state index is 0.00452. The second kappa shape index (κ2) is 5.05. The number of sulfonamides is 1. The van der Waals surface area contributed by atoms with Crippen molar-refractivity contribution in [2.75, 3.05) is 17.5 Å². The lowest BCUT2D eigenvalue weighted by molar-refractivity contribution is 0.0702. The van der Waals surface area contributed by atoms with Crippen LogP contribution in [0.2, 0.25) is 0 Å². The molecule has 0 unspecified atom stereocenters. The number of hydrogen-bond donors (Lipinski definition) is 1. The van der Waals surface area contributed by atoms with Crippen molar-refractivity contribution >= 4 is 33.0 Å². The maximum Gasteiger partial charge on any atom is 0.345 e. The molecule has 0 bridgehead atoms. The molecule has 2 heterocycles. The highest BCUT2D eigenvalue weighted by Gasteiger charge is 2.31. The van der Waals surface area contributed by atoms with Crippen LogP contribution in [-0.4, -0.2) is 32.6 Å². The summed E-state index contributed by atoms with van der Waals surface area (Å²) in [5, 5.41) is 10.3. The summed E-state index contributed by atoms with van der Waals surface area (Å²) < 4.78 is 32.0. The Bertz CT molecular complexity index is 796. The van der Waals surface area contributed by atoms with Crippen molar-refractivity contribution in [3.63, 3.8) is 0 Å². The van der Waals surface area contributed by atoms with Crippen molar-refractivity contribution in [2.24, 2.45) is 0 Å². The molecule has 21 heavy (non-hydrogen) atoms. The molecule has 0 fully saturated rings.